The van der Waals surface area contributed by atoms with Crippen LogP contribution in [-0.4, -0.2) is 32.8 Å². The van der Waals surface area contributed by atoms with Crippen LogP contribution in [0.4, 0.5) is 0 Å². The standard InChI is InChI=1S/C26H39NO4/c1-8-21(25(28)31-9-2)27-22-17-26(4,5)16-20(18(22)3)12-10-11-19-13-14-23(29-6)24(15-19)30-7/h12-15,21,27H,8-11,16-17H2,1-7H3. The monoisotopic (exact) mass is 429 g/mol. The molecule has 1 aromatic rings. The summed E-state index contributed by atoms with van der Waals surface area (Å²) in [4.78, 5) is 12.3. The smallest absolute Gasteiger partial charge is 0.328 e. The number of benzene rings is 1. The molecule has 1 unspecified atom stereocenters. The van der Waals surface area contributed by atoms with Crippen LogP contribution in [0.25, 0.3) is 0 Å². The van der Waals surface area contributed by atoms with Crippen molar-refractivity contribution in [2.24, 2.45) is 5.41 Å². The van der Waals surface area contributed by atoms with Gasteiger partial charge in [0.2, 0.25) is 0 Å². The molecule has 1 aliphatic rings. The Morgan fingerprint density at radius 2 is 1.87 bits per heavy atom. The zero-order valence-electron chi connectivity index (χ0n) is 20.3. The second-order valence-electron chi connectivity index (χ2n) is 8.94. The third-order valence-electron chi connectivity index (χ3n) is 5.86. The molecule has 0 amide bonds. The molecule has 0 spiro atoms. The Morgan fingerprint density at radius 1 is 1.16 bits per heavy atom. The van der Waals surface area contributed by atoms with Gasteiger partial charge in [0.1, 0.15) is 6.04 Å². The summed E-state index contributed by atoms with van der Waals surface area (Å²) in [7, 11) is 3.31. The fourth-order valence-corrected chi connectivity index (χ4v) is 4.13. The molecular weight excluding hydrogens is 390 g/mol. The summed E-state index contributed by atoms with van der Waals surface area (Å²) in [5, 5.41) is 3.50. The Hall–Kier alpha value is -2.43. The number of carbonyl (C=O) groups is 1. The highest BCUT2D eigenvalue weighted by Crippen LogP contribution is 2.41. The minimum Gasteiger partial charge on any atom is -0.493 e. The maximum Gasteiger partial charge on any atom is 0.328 e. The maximum atomic E-state index is 12.3. The number of rotatable bonds is 10. The second-order valence-corrected chi connectivity index (χ2v) is 8.94. The number of ether oxygens (including phenoxy) is 3. The Balaban J connectivity index is 2.17. The number of aryl methyl sites for hydroxylation is 1. The van der Waals surface area contributed by atoms with Crippen molar-refractivity contribution < 1.29 is 19.0 Å². The fraction of sp³-hybridized carbons (Fsp3) is 0.577. The van der Waals surface area contributed by atoms with Crippen molar-refractivity contribution in [1.29, 1.82) is 0 Å². The van der Waals surface area contributed by atoms with Crippen molar-refractivity contribution >= 4 is 5.97 Å². The first-order chi connectivity index (χ1) is 14.7. The van der Waals surface area contributed by atoms with Gasteiger partial charge in [0, 0.05) is 5.70 Å². The number of hydrogen-bond acceptors (Lipinski definition) is 5. The zero-order chi connectivity index (χ0) is 23.0. The van der Waals surface area contributed by atoms with E-state index in [0.717, 1.165) is 42.9 Å². The largest absolute Gasteiger partial charge is 0.493 e. The van der Waals surface area contributed by atoms with Crippen LogP contribution in [-0.2, 0) is 16.0 Å². The predicted molar refractivity (Wildman–Crippen MR) is 126 cm³/mol. The first-order valence-electron chi connectivity index (χ1n) is 11.3. The summed E-state index contributed by atoms with van der Waals surface area (Å²) in [5.41, 5.74) is 5.14. The lowest BCUT2D eigenvalue weighted by molar-refractivity contribution is -0.145. The molecule has 172 valence electrons. The van der Waals surface area contributed by atoms with E-state index in [1.807, 2.05) is 26.0 Å². The average Bonchev–Trinajstić information content (AvgIpc) is 2.74. The van der Waals surface area contributed by atoms with E-state index < -0.39 is 0 Å². The maximum absolute atomic E-state index is 12.3. The van der Waals surface area contributed by atoms with E-state index in [9.17, 15) is 4.79 Å². The molecule has 1 aliphatic carbocycles. The highest BCUT2D eigenvalue weighted by atomic mass is 16.5. The number of hydrogen-bond donors (Lipinski definition) is 1. The molecule has 0 aromatic heterocycles. The fourth-order valence-electron chi connectivity index (χ4n) is 4.13. The minimum absolute atomic E-state index is 0.143. The second kappa shape index (κ2) is 11.3. The molecule has 0 bridgehead atoms. The van der Waals surface area contributed by atoms with E-state index in [4.69, 9.17) is 14.2 Å². The molecule has 5 nitrogen and oxygen atoms in total. The van der Waals surface area contributed by atoms with Crippen LogP contribution < -0.4 is 14.8 Å². The summed E-state index contributed by atoms with van der Waals surface area (Å²) in [6.07, 6.45) is 6.89. The summed E-state index contributed by atoms with van der Waals surface area (Å²) in [6, 6.07) is 5.79. The van der Waals surface area contributed by atoms with E-state index in [1.54, 1.807) is 14.2 Å². The average molecular weight is 430 g/mol. The molecule has 5 heteroatoms. The highest BCUT2D eigenvalue weighted by molar-refractivity contribution is 5.76. The van der Waals surface area contributed by atoms with Gasteiger partial charge in [-0.05, 0) is 80.2 Å². The Bertz CT molecular complexity index is 823. The Morgan fingerprint density at radius 3 is 2.48 bits per heavy atom. The van der Waals surface area contributed by atoms with Gasteiger partial charge >= 0.3 is 5.97 Å². The first kappa shape index (κ1) is 24.8. The van der Waals surface area contributed by atoms with Crippen LogP contribution in [0.15, 0.2) is 41.1 Å². The number of esters is 1. The van der Waals surface area contributed by atoms with Gasteiger partial charge in [-0.15, -0.1) is 0 Å². The van der Waals surface area contributed by atoms with Gasteiger partial charge in [-0.3, -0.25) is 0 Å². The quantitative estimate of drug-likeness (QED) is 0.492. The normalized spacial score (nSPS) is 18.0. The number of nitrogens with one attached hydrogen (secondary N) is 1. The molecule has 0 saturated carbocycles. The molecule has 2 rings (SSSR count). The number of methoxy groups -OCH3 is 2. The molecule has 0 fully saturated rings. The van der Waals surface area contributed by atoms with Gasteiger partial charge < -0.3 is 19.5 Å². The molecule has 31 heavy (non-hydrogen) atoms. The highest BCUT2D eigenvalue weighted by Gasteiger charge is 2.30. The van der Waals surface area contributed by atoms with Gasteiger partial charge in [0.05, 0.1) is 20.8 Å². The van der Waals surface area contributed by atoms with Gasteiger partial charge in [0.15, 0.2) is 11.5 Å². The van der Waals surface area contributed by atoms with Crippen molar-refractivity contribution in [2.45, 2.75) is 72.8 Å². The minimum atomic E-state index is -0.299. The van der Waals surface area contributed by atoms with Crippen LogP contribution in [0.1, 0.15) is 65.9 Å². The first-order valence-corrected chi connectivity index (χ1v) is 11.3. The van der Waals surface area contributed by atoms with E-state index in [-0.39, 0.29) is 17.4 Å². The Kier molecular flexibility index (Phi) is 9.02. The van der Waals surface area contributed by atoms with Gasteiger partial charge in [-0.1, -0.05) is 32.9 Å². The van der Waals surface area contributed by atoms with Crippen LogP contribution in [0.2, 0.25) is 0 Å². The number of allylic oxidation sites excluding steroid dienone is 4. The SMILES string of the molecule is CCOC(=O)C(CC)NC1=C(C)C(=CCCc2ccc(OC)c(OC)c2)CC(C)(C)C1. The van der Waals surface area contributed by atoms with Crippen LogP contribution >= 0.6 is 0 Å². The molecule has 0 aliphatic heterocycles. The van der Waals surface area contributed by atoms with E-state index in [2.05, 4.69) is 38.2 Å². The third kappa shape index (κ3) is 6.78. The van der Waals surface area contributed by atoms with Crippen molar-refractivity contribution in [3.63, 3.8) is 0 Å². The van der Waals surface area contributed by atoms with Crippen molar-refractivity contribution in [2.75, 3.05) is 20.8 Å². The van der Waals surface area contributed by atoms with Gasteiger partial charge in [-0.2, -0.15) is 0 Å². The third-order valence-corrected chi connectivity index (χ3v) is 5.86. The molecule has 0 radical (unpaired) electrons. The van der Waals surface area contributed by atoms with Crippen LogP contribution in [0, 0.1) is 5.41 Å². The number of carbonyl (C=O) groups excluding carboxylic acids is 1. The topological polar surface area (TPSA) is 56.8 Å². The summed E-state index contributed by atoms with van der Waals surface area (Å²) in [5.74, 6) is 1.34. The Labute approximate surface area is 187 Å². The van der Waals surface area contributed by atoms with E-state index in [0.29, 0.717) is 13.0 Å². The zero-order valence-corrected chi connectivity index (χ0v) is 20.3. The molecule has 0 saturated heterocycles. The van der Waals surface area contributed by atoms with E-state index >= 15 is 0 Å². The summed E-state index contributed by atoms with van der Waals surface area (Å²) in [6.45, 7) is 11.0. The van der Waals surface area contributed by atoms with Crippen molar-refractivity contribution in [3.05, 3.63) is 46.7 Å². The molecule has 1 aromatic carbocycles. The molecule has 0 heterocycles. The molecule has 1 atom stereocenters. The van der Waals surface area contributed by atoms with E-state index in [1.165, 1.54) is 16.7 Å². The van der Waals surface area contributed by atoms with Crippen LogP contribution in [0.3, 0.4) is 0 Å². The van der Waals surface area contributed by atoms with Gasteiger partial charge in [-0.25, -0.2) is 4.79 Å². The molecular formula is C26H39NO4. The van der Waals surface area contributed by atoms with Crippen LogP contribution in [0.5, 0.6) is 11.5 Å². The van der Waals surface area contributed by atoms with Gasteiger partial charge in [0.25, 0.3) is 0 Å². The summed E-state index contributed by atoms with van der Waals surface area (Å²) < 4.78 is 16.0. The van der Waals surface area contributed by atoms with Crippen molar-refractivity contribution in [3.8, 4) is 11.5 Å². The van der Waals surface area contributed by atoms with Crippen molar-refractivity contribution in [1.82, 2.24) is 5.32 Å². The lowest BCUT2D eigenvalue weighted by Gasteiger charge is -2.36. The lowest BCUT2D eigenvalue weighted by Crippen LogP contribution is -2.39. The summed E-state index contributed by atoms with van der Waals surface area (Å²) >= 11 is 0. The molecule has 1 N–H and O–H groups in total. The predicted octanol–water partition coefficient (Wildman–Crippen LogP) is 5.59. The lowest BCUT2D eigenvalue weighted by atomic mass is 9.73.